The van der Waals surface area contributed by atoms with Crippen molar-refractivity contribution in [3.8, 4) is 5.75 Å². The van der Waals surface area contributed by atoms with Gasteiger partial charge in [0.1, 0.15) is 5.75 Å². The van der Waals surface area contributed by atoms with Gasteiger partial charge in [0.15, 0.2) is 0 Å². The molecule has 1 N–H and O–H groups in total. The van der Waals surface area contributed by atoms with Crippen molar-refractivity contribution in [3.05, 3.63) is 29.3 Å². The Balaban J connectivity index is 2.41. The SMILES string of the molecule is CCc1ccc(OC)c(C2(C)CNC2)c1. The Kier molecular flexibility index (Phi) is 2.70. The monoisotopic (exact) mass is 205 g/mol. The van der Waals surface area contributed by atoms with Crippen molar-refractivity contribution in [3.63, 3.8) is 0 Å². The number of methoxy groups -OCH3 is 1. The van der Waals surface area contributed by atoms with E-state index in [9.17, 15) is 0 Å². The van der Waals surface area contributed by atoms with Crippen LogP contribution in [-0.2, 0) is 11.8 Å². The molecule has 1 fully saturated rings. The van der Waals surface area contributed by atoms with Crippen molar-refractivity contribution in [2.45, 2.75) is 25.7 Å². The minimum Gasteiger partial charge on any atom is -0.496 e. The van der Waals surface area contributed by atoms with Crippen LogP contribution in [-0.4, -0.2) is 20.2 Å². The van der Waals surface area contributed by atoms with Crippen LogP contribution in [0.25, 0.3) is 0 Å². The third-order valence-electron chi connectivity index (χ3n) is 3.35. The number of nitrogens with one attached hydrogen (secondary N) is 1. The maximum Gasteiger partial charge on any atom is 0.122 e. The van der Waals surface area contributed by atoms with Gasteiger partial charge in [-0.15, -0.1) is 0 Å². The third kappa shape index (κ3) is 1.74. The highest BCUT2D eigenvalue weighted by atomic mass is 16.5. The van der Waals surface area contributed by atoms with Crippen LogP contribution in [0.15, 0.2) is 18.2 Å². The van der Waals surface area contributed by atoms with Crippen molar-refractivity contribution in [2.75, 3.05) is 20.2 Å². The molecule has 15 heavy (non-hydrogen) atoms. The molecule has 0 saturated carbocycles. The van der Waals surface area contributed by atoms with E-state index in [1.54, 1.807) is 7.11 Å². The van der Waals surface area contributed by atoms with E-state index in [1.807, 2.05) is 0 Å². The fourth-order valence-corrected chi connectivity index (χ4v) is 2.14. The Bertz CT molecular complexity index is 356. The standard InChI is InChI=1S/C13H19NO/c1-4-10-5-6-12(15-3)11(7-10)13(2)8-14-9-13/h5-7,14H,4,8-9H2,1-3H3. The van der Waals surface area contributed by atoms with E-state index in [1.165, 1.54) is 11.1 Å². The Morgan fingerprint density at radius 3 is 2.60 bits per heavy atom. The van der Waals surface area contributed by atoms with Crippen LogP contribution in [0, 0.1) is 0 Å². The molecule has 0 aliphatic carbocycles. The third-order valence-corrected chi connectivity index (χ3v) is 3.35. The molecule has 2 heteroatoms. The molecule has 0 atom stereocenters. The first kappa shape index (κ1) is 10.5. The molecule has 0 bridgehead atoms. The summed E-state index contributed by atoms with van der Waals surface area (Å²) in [7, 11) is 1.75. The number of ether oxygens (including phenoxy) is 1. The highest BCUT2D eigenvalue weighted by Crippen LogP contribution is 2.35. The molecule has 0 unspecified atom stereocenters. The van der Waals surface area contributed by atoms with Crippen LogP contribution in [0.4, 0.5) is 0 Å². The molecule has 82 valence electrons. The van der Waals surface area contributed by atoms with Gasteiger partial charge in [-0.3, -0.25) is 0 Å². The molecule has 2 nitrogen and oxygen atoms in total. The van der Waals surface area contributed by atoms with E-state index in [0.717, 1.165) is 25.3 Å². The smallest absolute Gasteiger partial charge is 0.122 e. The number of benzene rings is 1. The molecule has 1 aliphatic rings. The Labute approximate surface area is 91.6 Å². The maximum atomic E-state index is 5.44. The van der Waals surface area contributed by atoms with Crippen LogP contribution < -0.4 is 10.1 Å². The van der Waals surface area contributed by atoms with Crippen molar-refractivity contribution in [1.29, 1.82) is 0 Å². The maximum absolute atomic E-state index is 5.44. The summed E-state index contributed by atoms with van der Waals surface area (Å²) in [5.74, 6) is 1.02. The summed E-state index contributed by atoms with van der Waals surface area (Å²) in [5, 5.41) is 3.33. The highest BCUT2D eigenvalue weighted by molar-refractivity contribution is 5.44. The lowest BCUT2D eigenvalue weighted by Crippen LogP contribution is -2.54. The summed E-state index contributed by atoms with van der Waals surface area (Å²) in [6.07, 6.45) is 1.08. The zero-order valence-corrected chi connectivity index (χ0v) is 9.76. The lowest BCUT2D eigenvalue weighted by molar-refractivity contribution is 0.291. The van der Waals surface area contributed by atoms with E-state index >= 15 is 0 Å². The second-order valence-corrected chi connectivity index (χ2v) is 4.55. The van der Waals surface area contributed by atoms with E-state index < -0.39 is 0 Å². The predicted molar refractivity (Wildman–Crippen MR) is 62.6 cm³/mol. The van der Waals surface area contributed by atoms with Gasteiger partial charge in [0.25, 0.3) is 0 Å². The molecule has 0 amide bonds. The van der Waals surface area contributed by atoms with Gasteiger partial charge in [-0.1, -0.05) is 26.0 Å². The molecule has 1 saturated heterocycles. The Morgan fingerprint density at radius 2 is 2.13 bits per heavy atom. The van der Waals surface area contributed by atoms with Gasteiger partial charge in [0.05, 0.1) is 7.11 Å². The molecule has 1 aromatic rings. The highest BCUT2D eigenvalue weighted by Gasteiger charge is 2.35. The molecule has 0 aromatic heterocycles. The quantitative estimate of drug-likeness (QED) is 0.816. The number of rotatable bonds is 3. The molecule has 2 rings (SSSR count). The summed E-state index contributed by atoms with van der Waals surface area (Å²) in [5.41, 5.74) is 3.00. The Hall–Kier alpha value is -1.02. The normalized spacial score (nSPS) is 18.3. The molecule has 1 heterocycles. The van der Waals surface area contributed by atoms with E-state index in [4.69, 9.17) is 4.74 Å². The summed E-state index contributed by atoms with van der Waals surface area (Å²) in [6.45, 7) is 6.58. The molecule has 0 spiro atoms. The topological polar surface area (TPSA) is 21.3 Å². The van der Waals surface area contributed by atoms with Gasteiger partial charge < -0.3 is 10.1 Å². The van der Waals surface area contributed by atoms with Crippen molar-refractivity contribution >= 4 is 0 Å². The second kappa shape index (κ2) is 3.86. The number of aryl methyl sites for hydroxylation is 1. The first-order chi connectivity index (χ1) is 7.19. The van der Waals surface area contributed by atoms with Gasteiger partial charge in [-0.25, -0.2) is 0 Å². The summed E-state index contributed by atoms with van der Waals surface area (Å²) < 4.78 is 5.44. The Morgan fingerprint density at radius 1 is 1.40 bits per heavy atom. The summed E-state index contributed by atoms with van der Waals surface area (Å²) in [4.78, 5) is 0. The average Bonchev–Trinajstić information content (AvgIpc) is 2.25. The first-order valence-corrected chi connectivity index (χ1v) is 5.58. The van der Waals surface area contributed by atoms with Crippen LogP contribution in [0.2, 0.25) is 0 Å². The fraction of sp³-hybridized carbons (Fsp3) is 0.538. The second-order valence-electron chi connectivity index (χ2n) is 4.55. The van der Waals surface area contributed by atoms with Crippen molar-refractivity contribution in [1.82, 2.24) is 5.32 Å². The van der Waals surface area contributed by atoms with E-state index in [2.05, 4.69) is 37.4 Å². The zero-order chi connectivity index (χ0) is 10.9. The van der Waals surface area contributed by atoms with Gasteiger partial charge in [-0.05, 0) is 18.1 Å². The van der Waals surface area contributed by atoms with Crippen molar-refractivity contribution < 1.29 is 4.74 Å². The van der Waals surface area contributed by atoms with Crippen molar-refractivity contribution in [2.24, 2.45) is 0 Å². The first-order valence-electron chi connectivity index (χ1n) is 5.58. The van der Waals surface area contributed by atoms with Crippen LogP contribution in [0.3, 0.4) is 0 Å². The van der Waals surface area contributed by atoms with E-state index in [0.29, 0.717) is 0 Å². The lowest BCUT2D eigenvalue weighted by Gasteiger charge is -2.40. The fourth-order valence-electron chi connectivity index (χ4n) is 2.14. The minimum absolute atomic E-state index is 0.260. The van der Waals surface area contributed by atoms with Gasteiger partial charge in [-0.2, -0.15) is 0 Å². The largest absolute Gasteiger partial charge is 0.496 e. The van der Waals surface area contributed by atoms with E-state index in [-0.39, 0.29) is 5.41 Å². The number of hydrogen-bond acceptors (Lipinski definition) is 2. The summed E-state index contributed by atoms with van der Waals surface area (Å²) >= 11 is 0. The van der Waals surface area contributed by atoms with Gasteiger partial charge in [0, 0.05) is 24.1 Å². The molecule has 1 aromatic carbocycles. The molecule has 0 radical (unpaired) electrons. The van der Waals surface area contributed by atoms with Gasteiger partial charge >= 0.3 is 0 Å². The lowest BCUT2D eigenvalue weighted by atomic mass is 9.76. The van der Waals surface area contributed by atoms with Gasteiger partial charge in [0.2, 0.25) is 0 Å². The number of hydrogen-bond donors (Lipinski definition) is 1. The molecular formula is C13H19NO. The predicted octanol–water partition coefficient (Wildman–Crippen LogP) is 2.12. The zero-order valence-electron chi connectivity index (χ0n) is 9.76. The van der Waals surface area contributed by atoms with Crippen LogP contribution in [0.1, 0.15) is 25.0 Å². The van der Waals surface area contributed by atoms with Crippen LogP contribution >= 0.6 is 0 Å². The molecule has 1 aliphatic heterocycles. The average molecular weight is 205 g/mol. The molecular weight excluding hydrogens is 186 g/mol. The summed E-state index contributed by atoms with van der Waals surface area (Å²) in [6, 6.07) is 6.54. The van der Waals surface area contributed by atoms with Crippen LogP contribution in [0.5, 0.6) is 5.75 Å². The minimum atomic E-state index is 0.260.